The van der Waals surface area contributed by atoms with Crippen molar-refractivity contribution in [1.29, 1.82) is 0 Å². The number of amides is 1. The molecule has 1 amide bonds. The molecule has 0 spiro atoms. The number of hydrogen-bond acceptors (Lipinski definition) is 6. The van der Waals surface area contributed by atoms with Gasteiger partial charge in [-0.25, -0.2) is 14.1 Å². The number of benzene rings is 1. The van der Waals surface area contributed by atoms with Crippen LogP contribution in [0.4, 0.5) is 4.39 Å². The highest BCUT2D eigenvalue weighted by atomic mass is 19.1. The number of carbonyl (C=O) groups excluding carboxylic acids is 1. The van der Waals surface area contributed by atoms with E-state index in [1.807, 2.05) is 23.7 Å². The predicted molar refractivity (Wildman–Crippen MR) is 103 cm³/mol. The molecule has 3 aromatic rings. The number of pyridine rings is 1. The van der Waals surface area contributed by atoms with Crippen LogP contribution < -0.4 is 10.1 Å². The number of aryl methyl sites for hydroxylation is 1. The Balaban J connectivity index is 1.56. The molecule has 2 aromatic heterocycles. The molecule has 1 fully saturated rings. The van der Waals surface area contributed by atoms with Gasteiger partial charge in [0, 0.05) is 24.9 Å². The van der Waals surface area contributed by atoms with Crippen molar-refractivity contribution in [3.63, 3.8) is 0 Å². The molecular weight excluding hydrogens is 377 g/mol. The van der Waals surface area contributed by atoms with Gasteiger partial charge in [-0.2, -0.15) is 0 Å². The van der Waals surface area contributed by atoms with Gasteiger partial charge in [-0.1, -0.05) is 11.3 Å². The molecule has 0 aliphatic carbocycles. The lowest BCUT2D eigenvalue weighted by Crippen LogP contribution is -2.24. The number of halogens is 1. The van der Waals surface area contributed by atoms with Gasteiger partial charge in [0.2, 0.25) is 5.88 Å². The van der Waals surface area contributed by atoms with E-state index in [1.165, 1.54) is 13.3 Å². The van der Waals surface area contributed by atoms with Gasteiger partial charge in [-0.05, 0) is 43.9 Å². The summed E-state index contributed by atoms with van der Waals surface area (Å²) in [5, 5.41) is 11.4. The molecule has 3 heterocycles. The van der Waals surface area contributed by atoms with Gasteiger partial charge in [0.1, 0.15) is 5.52 Å². The average Bonchev–Trinajstić information content (AvgIpc) is 3.17. The molecule has 9 heteroatoms. The minimum absolute atomic E-state index is 0.118. The summed E-state index contributed by atoms with van der Waals surface area (Å²) < 4.78 is 26.2. The minimum atomic E-state index is -0.686. The Hall–Kier alpha value is -3.07. The van der Waals surface area contributed by atoms with Crippen molar-refractivity contribution < 1.29 is 18.7 Å². The Morgan fingerprint density at radius 2 is 2.28 bits per heavy atom. The van der Waals surface area contributed by atoms with E-state index in [0.29, 0.717) is 6.61 Å². The van der Waals surface area contributed by atoms with E-state index >= 15 is 0 Å². The number of nitrogens with one attached hydrogen (secondary N) is 1. The number of aromatic nitrogens is 4. The minimum Gasteiger partial charge on any atom is -0.479 e. The second kappa shape index (κ2) is 8.12. The number of ether oxygens (including phenoxy) is 2. The van der Waals surface area contributed by atoms with Crippen LogP contribution in [0, 0.1) is 12.7 Å². The van der Waals surface area contributed by atoms with E-state index < -0.39 is 11.7 Å². The quantitative estimate of drug-likeness (QED) is 0.709. The van der Waals surface area contributed by atoms with Crippen LogP contribution in [0.15, 0.2) is 24.4 Å². The van der Waals surface area contributed by atoms with Crippen molar-refractivity contribution in [1.82, 2.24) is 25.3 Å². The first-order valence-corrected chi connectivity index (χ1v) is 9.51. The largest absolute Gasteiger partial charge is 0.479 e. The third-order valence-corrected chi connectivity index (χ3v) is 5.10. The molecule has 1 aromatic carbocycles. The summed E-state index contributed by atoms with van der Waals surface area (Å²) in [6.07, 6.45) is 4.20. The molecule has 152 valence electrons. The standard InChI is InChI=1S/C20H22FN5O3/c1-12-6-7-16-18(24-25-26(16)17-5-3-4-8-29-17)14(12)11-22-19(27)13-9-15(21)20(28-2)23-10-13/h6-7,9-10,17H,3-5,8,11H2,1-2H3,(H,22,27). The smallest absolute Gasteiger partial charge is 0.253 e. The Labute approximate surface area is 167 Å². The molecule has 4 rings (SSSR count). The molecule has 1 saturated heterocycles. The zero-order valence-corrected chi connectivity index (χ0v) is 16.3. The summed E-state index contributed by atoms with van der Waals surface area (Å²) in [6.45, 7) is 2.90. The van der Waals surface area contributed by atoms with E-state index in [4.69, 9.17) is 9.47 Å². The molecule has 8 nitrogen and oxygen atoms in total. The molecule has 1 unspecified atom stereocenters. The molecule has 1 aliphatic rings. The highest BCUT2D eigenvalue weighted by molar-refractivity contribution is 5.94. The van der Waals surface area contributed by atoms with E-state index in [-0.39, 0.29) is 24.2 Å². The first-order chi connectivity index (χ1) is 14.1. The Bertz CT molecular complexity index is 1050. The number of fused-ring (bicyclic) bond motifs is 1. The van der Waals surface area contributed by atoms with Crippen molar-refractivity contribution >= 4 is 16.9 Å². The lowest BCUT2D eigenvalue weighted by Gasteiger charge is -2.22. The second-order valence-corrected chi connectivity index (χ2v) is 6.98. The summed E-state index contributed by atoms with van der Waals surface area (Å²) in [6, 6.07) is 5.04. The lowest BCUT2D eigenvalue weighted by molar-refractivity contribution is -0.0377. The summed E-state index contributed by atoms with van der Waals surface area (Å²) >= 11 is 0. The zero-order valence-electron chi connectivity index (χ0n) is 16.3. The third kappa shape index (κ3) is 3.77. The van der Waals surface area contributed by atoms with E-state index in [9.17, 15) is 9.18 Å². The number of rotatable bonds is 5. The van der Waals surface area contributed by atoms with Crippen LogP contribution in [0.25, 0.3) is 11.0 Å². The van der Waals surface area contributed by atoms with Crippen molar-refractivity contribution in [3.8, 4) is 5.88 Å². The molecule has 0 saturated carbocycles. The second-order valence-electron chi connectivity index (χ2n) is 6.98. The molecule has 1 N–H and O–H groups in total. The highest BCUT2D eigenvalue weighted by Gasteiger charge is 2.21. The molecule has 29 heavy (non-hydrogen) atoms. The monoisotopic (exact) mass is 399 g/mol. The van der Waals surface area contributed by atoms with Gasteiger partial charge in [-0.3, -0.25) is 4.79 Å². The number of methoxy groups -OCH3 is 1. The fourth-order valence-electron chi connectivity index (χ4n) is 3.49. The average molecular weight is 399 g/mol. The summed E-state index contributed by atoms with van der Waals surface area (Å²) in [7, 11) is 1.32. The first kappa shape index (κ1) is 19.3. The zero-order chi connectivity index (χ0) is 20.4. The van der Waals surface area contributed by atoms with Crippen LogP contribution in [0.3, 0.4) is 0 Å². The first-order valence-electron chi connectivity index (χ1n) is 9.51. The van der Waals surface area contributed by atoms with E-state index in [0.717, 1.165) is 47.5 Å². The van der Waals surface area contributed by atoms with Crippen LogP contribution in [-0.4, -0.2) is 39.6 Å². The van der Waals surface area contributed by atoms with Crippen LogP contribution in [-0.2, 0) is 11.3 Å². The molecular formula is C20H22FN5O3. The third-order valence-electron chi connectivity index (χ3n) is 5.10. The van der Waals surface area contributed by atoms with Crippen LogP contribution in [0.1, 0.15) is 47.0 Å². The maximum Gasteiger partial charge on any atom is 0.253 e. The topological polar surface area (TPSA) is 91.2 Å². The molecule has 0 radical (unpaired) electrons. The van der Waals surface area contributed by atoms with Gasteiger partial charge in [-0.15, -0.1) is 5.10 Å². The van der Waals surface area contributed by atoms with Crippen molar-refractivity contribution in [2.75, 3.05) is 13.7 Å². The van der Waals surface area contributed by atoms with Gasteiger partial charge in [0.05, 0.1) is 18.2 Å². The maximum atomic E-state index is 13.8. The fourth-order valence-corrected chi connectivity index (χ4v) is 3.49. The van der Waals surface area contributed by atoms with Gasteiger partial charge >= 0.3 is 0 Å². The van der Waals surface area contributed by atoms with Crippen LogP contribution in [0.2, 0.25) is 0 Å². The van der Waals surface area contributed by atoms with Crippen molar-refractivity contribution in [3.05, 3.63) is 46.9 Å². The number of nitrogens with zero attached hydrogens (tertiary/aromatic N) is 4. The SMILES string of the molecule is COc1ncc(C(=O)NCc2c(C)ccc3c2nnn3C2CCCCO2)cc1F. The Morgan fingerprint density at radius 3 is 3.00 bits per heavy atom. The number of hydrogen-bond donors (Lipinski definition) is 1. The fraction of sp³-hybridized carbons (Fsp3) is 0.400. The molecule has 1 aliphatic heterocycles. The normalized spacial score (nSPS) is 16.7. The van der Waals surface area contributed by atoms with Crippen molar-refractivity contribution in [2.24, 2.45) is 0 Å². The van der Waals surface area contributed by atoms with Gasteiger partial charge in [0.15, 0.2) is 12.0 Å². The summed E-state index contributed by atoms with van der Waals surface area (Å²) in [4.78, 5) is 16.2. The predicted octanol–water partition coefficient (Wildman–Crippen LogP) is 2.91. The highest BCUT2D eigenvalue weighted by Crippen LogP contribution is 2.27. The maximum absolute atomic E-state index is 13.8. The van der Waals surface area contributed by atoms with Crippen LogP contribution >= 0.6 is 0 Å². The van der Waals surface area contributed by atoms with Crippen molar-refractivity contribution in [2.45, 2.75) is 39.0 Å². The Morgan fingerprint density at radius 1 is 1.41 bits per heavy atom. The van der Waals surface area contributed by atoms with Gasteiger partial charge < -0.3 is 14.8 Å². The summed E-state index contributed by atoms with van der Waals surface area (Å²) in [5.41, 5.74) is 3.54. The Kier molecular flexibility index (Phi) is 5.39. The summed E-state index contributed by atoms with van der Waals surface area (Å²) in [5.74, 6) is -1.27. The van der Waals surface area contributed by atoms with Crippen LogP contribution in [0.5, 0.6) is 5.88 Å². The lowest BCUT2D eigenvalue weighted by atomic mass is 10.1. The molecule has 1 atom stereocenters. The van der Waals surface area contributed by atoms with E-state index in [2.05, 4.69) is 20.6 Å². The molecule has 0 bridgehead atoms. The number of carbonyl (C=O) groups is 1. The van der Waals surface area contributed by atoms with E-state index in [1.54, 1.807) is 0 Å². The van der Waals surface area contributed by atoms with Gasteiger partial charge in [0.25, 0.3) is 5.91 Å².